The number of morpholine rings is 1. The Morgan fingerprint density at radius 2 is 2.13 bits per heavy atom. The SMILES string of the molecule is Cc1noc(CCC(=O)N2CCO[C@H](c3c(C(=O)NC(C)C)sc4ccccc34)C2)n1. The Labute approximate surface area is 184 Å². The van der Waals surface area contributed by atoms with Gasteiger partial charge in [0.15, 0.2) is 5.82 Å². The van der Waals surface area contributed by atoms with Crippen LogP contribution in [0.4, 0.5) is 0 Å². The van der Waals surface area contributed by atoms with Gasteiger partial charge in [0, 0.05) is 35.7 Å². The van der Waals surface area contributed by atoms with Gasteiger partial charge in [-0.05, 0) is 32.2 Å². The van der Waals surface area contributed by atoms with Crippen LogP contribution in [0.3, 0.4) is 0 Å². The van der Waals surface area contributed by atoms with Crippen LogP contribution in [0, 0.1) is 6.92 Å². The van der Waals surface area contributed by atoms with Crippen LogP contribution < -0.4 is 5.32 Å². The predicted molar refractivity (Wildman–Crippen MR) is 117 cm³/mol. The fourth-order valence-corrected chi connectivity index (χ4v) is 4.90. The molecule has 1 aromatic carbocycles. The van der Waals surface area contributed by atoms with Gasteiger partial charge in [-0.1, -0.05) is 23.4 Å². The highest BCUT2D eigenvalue weighted by Crippen LogP contribution is 2.38. The summed E-state index contributed by atoms with van der Waals surface area (Å²) in [5, 5.41) is 7.75. The molecule has 0 radical (unpaired) electrons. The molecular weight excluding hydrogens is 416 g/mol. The number of nitrogens with one attached hydrogen (secondary N) is 1. The molecule has 9 heteroatoms. The van der Waals surface area contributed by atoms with E-state index in [4.69, 9.17) is 9.26 Å². The van der Waals surface area contributed by atoms with E-state index < -0.39 is 0 Å². The Kier molecular flexibility index (Phi) is 6.33. The molecule has 8 nitrogen and oxygen atoms in total. The standard InChI is InChI=1S/C22H26N4O4S/c1-13(2)23-22(28)21-20(15-6-4-5-7-17(15)31-21)16-12-26(10-11-29-16)19(27)9-8-18-24-14(3)25-30-18/h4-7,13,16H,8-12H2,1-3H3,(H,23,28)/t16-/m0/s1. The molecule has 0 spiro atoms. The Morgan fingerprint density at radius 1 is 1.32 bits per heavy atom. The number of hydrogen-bond donors (Lipinski definition) is 1. The second-order valence-electron chi connectivity index (χ2n) is 7.90. The molecule has 1 aliphatic heterocycles. The van der Waals surface area contributed by atoms with Crippen molar-refractivity contribution in [2.75, 3.05) is 19.7 Å². The normalized spacial score (nSPS) is 16.8. The van der Waals surface area contributed by atoms with Crippen molar-refractivity contribution in [2.45, 2.75) is 45.8 Å². The van der Waals surface area contributed by atoms with Gasteiger partial charge in [0.25, 0.3) is 5.91 Å². The minimum atomic E-state index is -0.354. The molecule has 4 rings (SSSR count). The van der Waals surface area contributed by atoms with Crippen molar-refractivity contribution < 1.29 is 18.8 Å². The van der Waals surface area contributed by atoms with Crippen molar-refractivity contribution >= 4 is 33.2 Å². The molecular formula is C22H26N4O4S. The van der Waals surface area contributed by atoms with Crippen LogP contribution in [0.2, 0.25) is 0 Å². The minimum absolute atomic E-state index is 0.0110. The molecule has 0 aliphatic carbocycles. The van der Waals surface area contributed by atoms with Gasteiger partial charge in [-0.15, -0.1) is 11.3 Å². The molecule has 1 saturated heterocycles. The zero-order valence-electron chi connectivity index (χ0n) is 17.9. The maximum absolute atomic E-state index is 12.9. The number of fused-ring (bicyclic) bond motifs is 1. The summed E-state index contributed by atoms with van der Waals surface area (Å²) in [6, 6.07) is 7.97. The van der Waals surface area contributed by atoms with E-state index in [0.717, 1.165) is 15.6 Å². The molecule has 3 heterocycles. The minimum Gasteiger partial charge on any atom is -0.370 e. The molecule has 3 aromatic rings. The lowest BCUT2D eigenvalue weighted by Gasteiger charge is -2.33. The number of aromatic nitrogens is 2. The Hall–Kier alpha value is -2.78. The second-order valence-corrected chi connectivity index (χ2v) is 8.96. The predicted octanol–water partition coefficient (Wildman–Crippen LogP) is 3.26. The van der Waals surface area contributed by atoms with Crippen molar-refractivity contribution in [3.8, 4) is 0 Å². The van der Waals surface area contributed by atoms with E-state index in [2.05, 4.69) is 15.5 Å². The highest BCUT2D eigenvalue weighted by Gasteiger charge is 2.31. The van der Waals surface area contributed by atoms with Gasteiger partial charge >= 0.3 is 0 Å². The summed E-state index contributed by atoms with van der Waals surface area (Å²) in [4.78, 5) is 32.3. The number of ether oxygens (including phenoxy) is 1. The van der Waals surface area contributed by atoms with Gasteiger partial charge in [-0.3, -0.25) is 9.59 Å². The summed E-state index contributed by atoms with van der Waals surface area (Å²) in [5.41, 5.74) is 0.865. The maximum atomic E-state index is 12.9. The van der Waals surface area contributed by atoms with E-state index in [1.165, 1.54) is 11.3 Å². The summed E-state index contributed by atoms with van der Waals surface area (Å²) < 4.78 is 12.2. The Morgan fingerprint density at radius 3 is 2.87 bits per heavy atom. The molecule has 0 unspecified atom stereocenters. The lowest BCUT2D eigenvalue weighted by molar-refractivity contribution is -0.139. The maximum Gasteiger partial charge on any atom is 0.261 e. The van der Waals surface area contributed by atoms with Gasteiger partial charge in [-0.2, -0.15) is 4.98 Å². The third kappa shape index (κ3) is 4.77. The zero-order chi connectivity index (χ0) is 22.0. The number of aryl methyl sites for hydroxylation is 2. The topological polar surface area (TPSA) is 97.6 Å². The number of nitrogens with zero attached hydrogens (tertiary/aromatic N) is 3. The smallest absolute Gasteiger partial charge is 0.261 e. The lowest BCUT2D eigenvalue weighted by Crippen LogP contribution is -2.42. The first kappa shape index (κ1) is 21.5. The number of hydrogen-bond acceptors (Lipinski definition) is 7. The summed E-state index contributed by atoms with van der Waals surface area (Å²) in [6.07, 6.45) is 0.345. The van der Waals surface area contributed by atoms with Gasteiger partial charge in [-0.25, -0.2) is 0 Å². The zero-order valence-corrected chi connectivity index (χ0v) is 18.7. The van der Waals surface area contributed by atoms with Crippen LogP contribution in [0.1, 0.15) is 53.3 Å². The third-order valence-electron chi connectivity index (χ3n) is 5.12. The molecule has 1 aliphatic rings. The van der Waals surface area contributed by atoms with Crippen molar-refractivity contribution in [1.29, 1.82) is 0 Å². The number of carbonyl (C=O) groups excluding carboxylic acids is 2. The fourth-order valence-electron chi connectivity index (χ4n) is 3.75. The first-order valence-corrected chi connectivity index (χ1v) is 11.2. The quantitative estimate of drug-likeness (QED) is 0.629. The molecule has 2 aromatic heterocycles. The van der Waals surface area contributed by atoms with Crippen molar-refractivity contribution in [3.63, 3.8) is 0 Å². The van der Waals surface area contributed by atoms with Crippen LogP contribution in [0.5, 0.6) is 0 Å². The van der Waals surface area contributed by atoms with Crippen LogP contribution in [-0.4, -0.2) is 52.6 Å². The van der Waals surface area contributed by atoms with Crippen LogP contribution >= 0.6 is 11.3 Å². The van der Waals surface area contributed by atoms with E-state index in [1.807, 2.05) is 38.1 Å². The molecule has 0 saturated carbocycles. The number of rotatable bonds is 6. The number of carbonyl (C=O) groups is 2. The Bertz CT molecular complexity index is 1090. The molecule has 2 amide bonds. The highest BCUT2D eigenvalue weighted by molar-refractivity contribution is 7.21. The van der Waals surface area contributed by atoms with E-state index in [9.17, 15) is 9.59 Å². The summed E-state index contributed by atoms with van der Waals surface area (Å²) >= 11 is 1.46. The van der Waals surface area contributed by atoms with E-state index >= 15 is 0 Å². The van der Waals surface area contributed by atoms with Gasteiger partial charge in [0.2, 0.25) is 11.8 Å². The van der Waals surface area contributed by atoms with Crippen molar-refractivity contribution in [1.82, 2.24) is 20.4 Å². The van der Waals surface area contributed by atoms with Crippen molar-refractivity contribution in [3.05, 3.63) is 46.4 Å². The average Bonchev–Trinajstić information content (AvgIpc) is 3.35. The first-order valence-electron chi connectivity index (χ1n) is 10.4. The molecule has 1 fully saturated rings. The highest BCUT2D eigenvalue weighted by atomic mass is 32.1. The van der Waals surface area contributed by atoms with E-state index in [-0.39, 0.29) is 24.0 Å². The van der Waals surface area contributed by atoms with E-state index in [1.54, 1.807) is 11.8 Å². The van der Waals surface area contributed by atoms with Crippen LogP contribution in [0.15, 0.2) is 28.8 Å². The number of amides is 2. The van der Waals surface area contributed by atoms with Gasteiger partial charge in [0.05, 0.1) is 18.0 Å². The van der Waals surface area contributed by atoms with Gasteiger partial charge in [0.1, 0.15) is 6.10 Å². The molecule has 1 N–H and O–H groups in total. The van der Waals surface area contributed by atoms with Crippen LogP contribution in [0.25, 0.3) is 10.1 Å². The van der Waals surface area contributed by atoms with Crippen molar-refractivity contribution in [2.24, 2.45) is 0 Å². The largest absolute Gasteiger partial charge is 0.370 e. The summed E-state index contributed by atoms with van der Waals surface area (Å²) in [7, 11) is 0. The number of thiophene rings is 1. The summed E-state index contributed by atoms with van der Waals surface area (Å²) in [5.74, 6) is 0.930. The van der Waals surface area contributed by atoms with Gasteiger partial charge < -0.3 is 19.5 Å². The molecule has 164 valence electrons. The monoisotopic (exact) mass is 442 g/mol. The third-order valence-corrected chi connectivity index (χ3v) is 6.31. The Balaban J connectivity index is 1.54. The van der Waals surface area contributed by atoms with E-state index in [0.29, 0.717) is 49.1 Å². The van der Waals surface area contributed by atoms with Crippen LogP contribution in [-0.2, 0) is 16.0 Å². The second kappa shape index (κ2) is 9.15. The molecule has 0 bridgehead atoms. The number of benzene rings is 1. The lowest BCUT2D eigenvalue weighted by atomic mass is 10.0. The fraction of sp³-hybridized carbons (Fsp3) is 0.455. The molecule has 31 heavy (non-hydrogen) atoms. The summed E-state index contributed by atoms with van der Waals surface area (Å²) in [6.45, 7) is 6.98. The molecule has 1 atom stereocenters. The first-order chi connectivity index (χ1) is 14.9. The average molecular weight is 443 g/mol.